The zero-order valence-corrected chi connectivity index (χ0v) is 25.2. The molecule has 4 aromatic rings. The lowest BCUT2D eigenvalue weighted by Crippen LogP contribution is -2.39. The van der Waals surface area contributed by atoms with Crippen LogP contribution in [0, 0.1) is 13.8 Å². The number of hydrazone groups is 1. The Balaban J connectivity index is 1.47. The molecule has 0 unspecified atom stereocenters. The van der Waals surface area contributed by atoms with Gasteiger partial charge >= 0.3 is 0 Å². The molecule has 0 atom stereocenters. The summed E-state index contributed by atoms with van der Waals surface area (Å²) in [7, 11) is -4.02. The molecule has 0 spiro atoms. The normalized spacial score (nSPS) is 11.3. The number of ether oxygens (including phenoxy) is 2. The highest BCUT2D eigenvalue weighted by Gasteiger charge is 2.27. The number of anilines is 1. The van der Waals surface area contributed by atoms with Crippen LogP contribution in [-0.4, -0.2) is 33.7 Å². The second-order valence-corrected chi connectivity index (χ2v) is 11.7. The molecule has 4 aromatic carbocycles. The predicted molar refractivity (Wildman–Crippen MR) is 166 cm³/mol. The standard InChI is InChI=1S/C32H32ClN3O5S/c1-4-40-31-19-26(13-17-30(31)41-22-25-11-14-27(33)15-12-25)20-34-35-32(37)21-36(28-16-10-23(2)24(3)18-28)42(38,39)29-8-6-5-7-9-29/h5-20H,4,21-22H2,1-3H3,(H,35,37)/b34-20-. The van der Waals surface area contributed by atoms with Gasteiger partial charge in [0.2, 0.25) is 0 Å². The quantitative estimate of drug-likeness (QED) is 0.151. The molecule has 8 nitrogen and oxygen atoms in total. The molecule has 0 aliphatic heterocycles. The minimum Gasteiger partial charge on any atom is -0.490 e. The van der Waals surface area contributed by atoms with Crippen LogP contribution in [0.2, 0.25) is 5.02 Å². The van der Waals surface area contributed by atoms with E-state index in [0.29, 0.717) is 41.0 Å². The summed E-state index contributed by atoms with van der Waals surface area (Å²) in [5.74, 6) is 0.483. The fourth-order valence-corrected chi connectivity index (χ4v) is 5.55. The maximum absolute atomic E-state index is 13.5. The molecule has 1 N–H and O–H groups in total. The Kier molecular flexibility index (Phi) is 10.2. The van der Waals surface area contributed by atoms with E-state index >= 15 is 0 Å². The van der Waals surface area contributed by atoms with E-state index in [4.69, 9.17) is 21.1 Å². The number of hydrogen-bond donors (Lipinski definition) is 1. The number of rotatable bonds is 12. The third-order valence-electron chi connectivity index (χ3n) is 6.37. The molecule has 0 saturated carbocycles. The Morgan fingerprint density at radius 3 is 2.33 bits per heavy atom. The summed E-state index contributed by atoms with van der Waals surface area (Å²) in [6, 6.07) is 25.9. The summed E-state index contributed by atoms with van der Waals surface area (Å²) in [5, 5.41) is 4.71. The van der Waals surface area contributed by atoms with Gasteiger partial charge in [0.1, 0.15) is 13.2 Å². The van der Waals surface area contributed by atoms with Gasteiger partial charge in [0.15, 0.2) is 11.5 Å². The van der Waals surface area contributed by atoms with Crippen LogP contribution < -0.4 is 19.2 Å². The minimum atomic E-state index is -4.02. The topological polar surface area (TPSA) is 97.3 Å². The van der Waals surface area contributed by atoms with E-state index in [9.17, 15) is 13.2 Å². The molecular weight excluding hydrogens is 574 g/mol. The number of nitrogens with one attached hydrogen (secondary N) is 1. The van der Waals surface area contributed by atoms with Gasteiger partial charge in [0.05, 0.1) is 23.4 Å². The number of sulfonamides is 1. The van der Waals surface area contributed by atoms with Crippen molar-refractivity contribution < 1.29 is 22.7 Å². The highest BCUT2D eigenvalue weighted by atomic mass is 35.5. The van der Waals surface area contributed by atoms with Gasteiger partial charge < -0.3 is 9.47 Å². The second kappa shape index (κ2) is 14.0. The first-order valence-corrected chi connectivity index (χ1v) is 15.1. The molecule has 10 heteroatoms. The summed E-state index contributed by atoms with van der Waals surface area (Å²) in [6.45, 7) is 6.00. The highest BCUT2D eigenvalue weighted by Crippen LogP contribution is 2.29. The molecule has 0 aromatic heterocycles. The van der Waals surface area contributed by atoms with Gasteiger partial charge in [0, 0.05) is 5.02 Å². The van der Waals surface area contributed by atoms with Gasteiger partial charge in [-0.15, -0.1) is 0 Å². The first-order valence-electron chi connectivity index (χ1n) is 13.3. The molecule has 4 rings (SSSR count). The molecule has 218 valence electrons. The van der Waals surface area contributed by atoms with Gasteiger partial charge in [-0.3, -0.25) is 9.10 Å². The van der Waals surface area contributed by atoms with Crippen molar-refractivity contribution in [1.82, 2.24) is 5.43 Å². The lowest BCUT2D eigenvalue weighted by Gasteiger charge is -2.24. The largest absolute Gasteiger partial charge is 0.490 e. The van der Waals surface area contributed by atoms with Crippen LogP contribution in [-0.2, 0) is 21.4 Å². The Morgan fingerprint density at radius 2 is 1.64 bits per heavy atom. The maximum Gasteiger partial charge on any atom is 0.264 e. The van der Waals surface area contributed by atoms with Crippen LogP contribution in [0.3, 0.4) is 0 Å². The van der Waals surface area contributed by atoms with E-state index in [1.807, 2.05) is 39.0 Å². The smallest absolute Gasteiger partial charge is 0.264 e. The molecule has 0 bridgehead atoms. The Bertz CT molecular complexity index is 1660. The molecule has 42 heavy (non-hydrogen) atoms. The van der Waals surface area contributed by atoms with Crippen molar-refractivity contribution in [3.63, 3.8) is 0 Å². The Morgan fingerprint density at radius 1 is 0.905 bits per heavy atom. The number of nitrogens with zero attached hydrogens (tertiary/aromatic N) is 2. The summed E-state index contributed by atoms with van der Waals surface area (Å²) in [6.07, 6.45) is 1.45. The number of halogens is 1. The minimum absolute atomic E-state index is 0.0846. The number of carbonyl (C=O) groups is 1. The fourth-order valence-electron chi connectivity index (χ4n) is 3.99. The van der Waals surface area contributed by atoms with Crippen LogP contribution in [0.1, 0.15) is 29.2 Å². The van der Waals surface area contributed by atoms with Crippen LogP contribution in [0.15, 0.2) is 101 Å². The first kappa shape index (κ1) is 30.6. The molecule has 0 radical (unpaired) electrons. The van der Waals surface area contributed by atoms with Gasteiger partial charge in [-0.05, 0) is 97.6 Å². The molecule has 0 aliphatic rings. The summed E-state index contributed by atoms with van der Waals surface area (Å²) in [5.41, 5.74) is 6.36. The number of amides is 1. The van der Waals surface area contributed by atoms with E-state index in [1.54, 1.807) is 60.7 Å². The van der Waals surface area contributed by atoms with Crippen molar-refractivity contribution in [2.75, 3.05) is 17.5 Å². The Hall–Kier alpha value is -4.34. The number of hydrogen-bond acceptors (Lipinski definition) is 6. The Labute approximate surface area is 251 Å². The average Bonchev–Trinajstić information content (AvgIpc) is 2.98. The van der Waals surface area contributed by atoms with E-state index in [1.165, 1.54) is 18.3 Å². The lowest BCUT2D eigenvalue weighted by atomic mass is 10.1. The summed E-state index contributed by atoms with van der Waals surface area (Å²) in [4.78, 5) is 13.0. The third kappa shape index (κ3) is 7.90. The highest BCUT2D eigenvalue weighted by molar-refractivity contribution is 7.92. The number of carbonyl (C=O) groups excluding carboxylic acids is 1. The van der Waals surface area contributed by atoms with Gasteiger partial charge in [-0.25, -0.2) is 13.8 Å². The second-order valence-electron chi connectivity index (χ2n) is 9.44. The number of benzene rings is 4. The average molecular weight is 606 g/mol. The van der Waals surface area contributed by atoms with E-state index in [-0.39, 0.29) is 4.90 Å². The zero-order chi connectivity index (χ0) is 30.1. The van der Waals surface area contributed by atoms with Gasteiger partial charge in [0.25, 0.3) is 15.9 Å². The fraction of sp³-hybridized carbons (Fsp3) is 0.188. The van der Waals surface area contributed by atoms with E-state index in [0.717, 1.165) is 21.0 Å². The van der Waals surface area contributed by atoms with E-state index < -0.39 is 22.5 Å². The van der Waals surface area contributed by atoms with Crippen molar-refractivity contribution in [2.45, 2.75) is 32.3 Å². The van der Waals surface area contributed by atoms with E-state index in [2.05, 4.69) is 10.5 Å². The van der Waals surface area contributed by atoms with Crippen molar-refractivity contribution in [2.24, 2.45) is 5.10 Å². The predicted octanol–water partition coefficient (Wildman–Crippen LogP) is 6.28. The van der Waals surface area contributed by atoms with Crippen molar-refractivity contribution in [1.29, 1.82) is 0 Å². The molecule has 0 fully saturated rings. The maximum atomic E-state index is 13.5. The lowest BCUT2D eigenvalue weighted by molar-refractivity contribution is -0.119. The van der Waals surface area contributed by atoms with Crippen molar-refractivity contribution in [3.8, 4) is 11.5 Å². The van der Waals surface area contributed by atoms with Crippen LogP contribution in [0.4, 0.5) is 5.69 Å². The van der Waals surface area contributed by atoms with Crippen LogP contribution >= 0.6 is 11.6 Å². The molecule has 0 saturated heterocycles. The SMILES string of the molecule is CCOc1cc(/C=N\NC(=O)CN(c2ccc(C)c(C)c2)S(=O)(=O)c2ccccc2)ccc1OCc1ccc(Cl)cc1. The molecular formula is C32H32ClN3O5S. The number of aryl methyl sites for hydroxylation is 2. The summed E-state index contributed by atoms with van der Waals surface area (Å²) < 4.78 is 39.8. The van der Waals surface area contributed by atoms with Gasteiger partial charge in [-0.1, -0.05) is 48.0 Å². The molecule has 0 aliphatic carbocycles. The molecule has 0 heterocycles. The monoisotopic (exact) mass is 605 g/mol. The van der Waals surface area contributed by atoms with Crippen molar-refractivity contribution >= 4 is 39.4 Å². The van der Waals surface area contributed by atoms with Crippen LogP contribution in [0.25, 0.3) is 0 Å². The third-order valence-corrected chi connectivity index (χ3v) is 8.42. The zero-order valence-electron chi connectivity index (χ0n) is 23.6. The van der Waals surface area contributed by atoms with Gasteiger partial charge in [-0.2, -0.15) is 5.10 Å². The first-order chi connectivity index (χ1) is 20.2. The summed E-state index contributed by atoms with van der Waals surface area (Å²) >= 11 is 5.95. The van der Waals surface area contributed by atoms with Crippen molar-refractivity contribution in [3.05, 3.63) is 118 Å². The molecule has 1 amide bonds. The van der Waals surface area contributed by atoms with Crippen LogP contribution in [0.5, 0.6) is 11.5 Å².